The number of rotatable bonds is 2. The van der Waals surface area contributed by atoms with Crippen LogP contribution in [0.5, 0.6) is 0 Å². The molecule has 0 saturated carbocycles. The van der Waals surface area contributed by atoms with E-state index in [0.717, 1.165) is 10.6 Å². The standard InChI is InChI=1S/C15H10BrN3O4/c1-6(20)7-2-3-9(16)10(4-7)19-11(21)5-8-12(13(19)17)15(23)18-14(8)22/h2-5H,17H2,1H3,(H,18,22,23). The van der Waals surface area contributed by atoms with Crippen LogP contribution in [0.15, 0.2) is 33.5 Å². The minimum Gasteiger partial charge on any atom is -0.384 e. The molecule has 0 spiro atoms. The van der Waals surface area contributed by atoms with Gasteiger partial charge < -0.3 is 5.73 Å². The highest BCUT2D eigenvalue weighted by atomic mass is 79.9. The van der Waals surface area contributed by atoms with E-state index in [4.69, 9.17) is 5.73 Å². The van der Waals surface area contributed by atoms with E-state index in [1.54, 1.807) is 12.1 Å². The zero-order valence-electron chi connectivity index (χ0n) is 11.8. The van der Waals surface area contributed by atoms with Crippen molar-refractivity contribution >= 4 is 39.3 Å². The van der Waals surface area contributed by atoms with Crippen molar-refractivity contribution in [2.24, 2.45) is 0 Å². The van der Waals surface area contributed by atoms with Crippen LogP contribution in [0.2, 0.25) is 0 Å². The summed E-state index contributed by atoms with van der Waals surface area (Å²) in [4.78, 5) is 47.4. The van der Waals surface area contributed by atoms with Crippen molar-refractivity contribution in [1.29, 1.82) is 0 Å². The van der Waals surface area contributed by atoms with Crippen molar-refractivity contribution in [3.8, 4) is 5.69 Å². The molecule has 2 heterocycles. The fourth-order valence-corrected chi connectivity index (χ4v) is 2.85. The number of hydrogen-bond donors (Lipinski definition) is 2. The summed E-state index contributed by atoms with van der Waals surface area (Å²) in [5.74, 6) is -1.65. The molecule has 3 N–H and O–H groups in total. The van der Waals surface area contributed by atoms with E-state index >= 15 is 0 Å². The molecule has 0 saturated heterocycles. The number of anilines is 1. The highest BCUT2D eigenvalue weighted by Crippen LogP contribution is 2.27. The van der Waals surface area contributed by atoms with Gasteiger partial charge in [-0.3, -0.25) is 29.1 Å². The molecule has 0 fully saturated rings. The van der Waals surface area contributed by atoms with Gasteiger partial charge in [0, 0.05) is 16.1 Å². The molecule has 7 nitrogen and oxygen atoms in total. The number of nitrogens with one attached hydrogen (secondary N) is 1. The number of nitrogens with two attached hydrogens (primary N) is 1. The number of carbonyl (C=O) groups excluding carboxylic acids is 3. The van der Waals surface area contributed by atoms with Crippen LogP contribution < -0.4 is 16.6 Å². The van der Waals surface area contributed by atoms with Crippen molar-refractivity contribution in [2.45, 2.75) is 6.92 Å². The van der Waals surface area contributed by atoms with Gasteiger partial charge in [0.2, 0.25) is 0 Å². The molecule has 2 aromatic rings. The van der Waals surface area contributed by atoms with Gasteiger partial charge in [0.05, 0.1) is 16.8 Å². The molecule has 1 aromatic heterocycles. The Morgan fingerprint density at radius 1 is 1.17 bits per heavy atom. The first-order valence-electron chi connectivity index (χ1n) is 6.53. The zero-order valence-corrected chi connectivity index (χ0v) is 13.4. The van der Waals surface area contributed by atoms with E-state index in [1.807, 2.05) is 0 Å². The lowest BCUT2D eigenvalue weighted by Crippen LogP contribution is -2.24. The van der Waals surface area contributed by atoms with Gasteiger partial charge in [-0.25, -0.2) is 0 Å². The molecule has 2 amide bonds. The molecule has 1 aromatic carbocycles. The summed E-state index contributed by atoms with van der Waals surface area (Å²) in [5.41, 5.74) is 5.99. The third kappa shape index (κ3) is 2.27. The number of aromatic nitrogens is 1. The normalized spacial score (nSPS) is 13.0. The molecule has 0 radical (unpaired) electrons. The molecule has 1 aliphatic heterocycles. The summed E-state index contributed by atoms with van der Waals surface area (Å²) >= 11 is 3.30. The van der Waals surface area contributed by atoms with Crippen molar-refractivity contribution in [3.63, 3.8) is 0 Å². The van der Waals surface area contributed by atoms with Gasteiger partial charge in [0.1, 0.15) is 5.82 Å². The second-order valence-electron chi connectivity index (χ2n) is 5.00. The lowest BCUT2D eigenvalue weighted by Gasteiger charge is -2.14. The first-order chi connectivity index (χ1) is 10.8. The van der Waals surface area contributed by atoms with Crippen LogP contribution in [0, 0.1) is 0 Å². The number of ketones is 1. The predicted molar refractivity (Wildman–Crippen MR) is 86.0 cm³/mol. The summed E-state index contributed by atoms with van der Waals surface area (Å²) in [5, 5.41) is 2.10. The Balaban J connectivity index is 2.35. The number of pyridine rings is 1. The van der Waals surface area contributed by atoms with Crippen LogP contribution in [0.3, 0.4) is 0 Å². The minimum atomic E-state index is -0.657. The molecule has 23 heavy (non-hydrogen) atoms. The maximum Gasteiger partial charge on any atom is 0.262 e. The first kappa shape index (κ1) is 15.2. The Bertz CT molecular complexity index is 962. The topological polar surface area (TPSA) is 111 Å². The van der Waals surface area contributed by atoms with Gasteiger partial charge in [-0.1, -0.05) is 6.07 Å². The second-order valence-corrected chi connectivity index (χ2v) is 5.85. The summed E-state index contributed by atoms with van der Waals surface area (Å²) in [6.45, 7) is 1.40. The lowest BCUT2D eigenvalue weighted by molar-refractivity contribution is 0.0879. The number of fused-ring (bicyclic) bond motifs is 1. The van der Waals surface area contributed by atoms with E-state index < -0.39 is 17.4 Å². The molecule has 1 aliphatic rings. The SMILES string of the molecule is CC(=O)c1ccc(Br)c(-n2c(N)c3c(cc2=O)C(=O)NC3=O)c1. The number of halogens is 1. The van der Waals surface area contributed by atoms with Gasteiger partial charge in [-0.2, -0.15) is 0 Å². The largest absolute Gasteiger partial charge is 0.384 e. The first-order valence-corrected chi connectivity index (χ1v) is 7.32. The number of nitrogen functional groups attached to an aromatic ring is 1. The van der Waals surface area contributed by atoms with E-state index in [0.29, 0.717) is 15.7 Å². The highest BCUT2D eigenvalue weighted by molar-refractivity contribution is 9.10. The van der Waals surface area contributed by atoms with E-state index in [9.17, 15) is 19.2 Å². The number of benzene rings is 1. The summed E-state index contributed by atoms with van der Waals surface area (Å²) in [6.07, 6.45) is 0. The van der Waals surface area contributed by atoms with E-state index in [1.165, 1.54) is 13.0 Å². The quantitative estimate of drug-likeness (QED) is 0.606. The number of nitrogens with zero attached hydrogens (tertiary/aromatic N) is 1. The highest BCUT2D eigenvalue weighted by Gasteiger charge is 2.32. The van der Waals surface area contributed by atoms with Crippen LogP contribution in [0.25, 0.3) is 5.69 Å². The van der Waals surface area contributed by atoms with Gasteiger partial charge in [-0.15, -0.1) is 0 Å². The lowest BCUT2D eigenvalue weighted by atomic mass is 10.1. The van der Waals surface area contributed by atoms with Gasteiger partial charge in [0.25, 0.3) is 17.4 Å². The van der Waals surface area contributed by atoms with Crippen molar-refractivity contribution < 1.29 is 14.4 Å². The Morgan fingerprint density at radius 3 is 2.52 bits per heavy atom. The fourth-order valence-electron chi connectivity index (χ4n) is 2.43. The molecule has 0 atom stereocenters. The fraction of sp³-hybridized carbons (Fsp3) is 0.0667. The Kier molecular flexibility index (Phi) is 3.41. The summed E-state index contributed by atoms with van der Waals surface area (Å²) < 4.78 is 1.61. The maximum absolute atomic E-state index is 12.4. The van der Waals surface area contributed by atoms with Gasteiger partial charge in [-0.05, 0) is 35.0 Å². The van der Waals surface area contributed by atoms with Crippen molar-refractivity contribution in [3.05, 3.63) is 55.8 Å². The molecule has 3 rings (SSSR count). The molecule has 8 heteroatoms. The molecule has 0 bridgehead atoms. The second kappa shape index (κ2) is 5.17. The Morgan fingerprint density at radius 2 is 1.87 bits per heavy atom. The minimum absolute atomic E-state index is 0.0465. The summed E-state index contributed by atoms with van der Waals surface area (Å²) in [6, 6.07) is 5.75. The van der Waals surface area contributed by atoms with Crippen molar-refractivity contribution in [1.82, 2.24) is 9.88 Å². The van der Waals surface area contributed by atoms with Gasteiger partial charge >= 0.3 is 0 Å². The molecular formula is C15H10BrN3O4. The van der Waals surface area contributed by atoms with Gasteiger partial charge in [0.15, 0.2) is 5.78 Å². The van der Waals surface area contributed by atoms with E-state index in [2.05, 4.69) is 21.2 Å². The van der Waals surface area contributed by atoms with E-state index in [-0.39, 0.29) is 22.7 Å². The number of Topliss-reactive ketones (excluding diaryl/α,β-unsaturated/α-hetero) is 1. The van der Waals surface area contributed by atoms with Crippen molar-refractivity contribution in [2.75, 3.05) is 5.73 Å². The molecule has 0 aliphatic carbocycles. The maximum atomic E-state index is 12.4. The Hall–Kier alpha value is -2.74. The Labute approximate surface area is 138 Å². The van der Waals surface area contributed by atoms with Crippen LogP contribution >= 0.6 is 15.9 Å². The molecule has 116 valence electrons. The number of amides is 2. The number of hydrogen-bond acceptors (Lipinski definition) is 5. The molecular weight excluding hydrogens is 366 g/mol. The monoisotopic (exact) mass is 375 g/mol. The molecule has 0 unspecified atom stereocenters. The van der Waals surface area contributed by atoms with Crippen LogP contribution in [0.1, 0.15) is 38.0 Å². The summed E-state index contributed by atoms with van der Waals surface area (Å²) in [7, 11) is 0. The third-order valence-corrected chi connectivity index (χ3v) is 4.22. The third-order valence-electron chi connectivity index (χ3n) is 3.55. The average Bonchev–Trinajstić information content (AvgIpc) is 2.75. The number of carbonyl (C=O) groups is 3. The van der Waals surface area contributed by atoms with Crippen LogP contribution in [-0.2, 0) is 0 Å². The van der Waals surface area contributed by atoms with Crippen LogP contribution in [0.4, 0.5) is 5.82 Å². The zero-order chi connectivity index (χ0) is 16.9. The van der Waals surface area contributed by atoms with Crippen LogP contribution in [-0.4, -0.2) is 22.2 Å². The smallest absolute Gasteiger partial charge is 0.262 e. The average molecular weight is 376 g/mol. The predicted octanol–water partition coefficient (Wildman–Crippen LogP) is 1.27. The number of imide groups is 1.